The van der Waals surface area contributed by atoms with E-state index >= 15 is 0 Å². The molecule has 0 spiro atoms. The van der Waals surface area contributed by atoms with Gasteiger partial charge in [0.05, 0.1) is 15.6 Å². The van der Waals surface area contributed by atoms with E-state index in [-0.39, 0.29) is 39.9 Å². The minimum atomic E-state index is -5.07. The first-order chi connectivity index (χ1) is 35.7. The Morgan fingerprint density at radius 3 is 1.49 bits per heavy atom. The number of halogens is 12. The van der Waals surface area contributed by atoms with Crippen LogP contribution in [0.15, 0.2) is 150 Å². The maximum Gasteiger partial charge on any atom is 0.573 e. The zero-order chi connectivity index (χ0) is 57.2. The summed E-state index contributed by atoms with van der Waals surface area (Å²) in [6.07, 6.45) is -12.8. The van der Waals surface area contributed by atoms with Crippen LogP contribution in [0, 0.1) is 5.82 Å². The highest BCUT2D eigenvalue weighted by atomic mass is 79.9. The fraction of sp³-hybridized carbons (Fsp3) is 0.0980. The second-order valence-corrected chi connectivity index (χ2v) is 14.9. The summed E-state index contributed by atoms with van der Waals surface area (Å²) in [5.41, 5.74) is 2.86. The van der Waals surface area contributed by atoms with Gasteiger partial charge in [0.2, 0.25) is 5.91 Å². The van der Waals surface area contributed by atoms with Crippen LogP contribution >= 0.6 is 15.9 Å². The van der Waals surface area contributed by atoms with E-state index in [1.54, 1.807) is 12.3 Å². The molecule has 7 rings (SSSR count). The van der Waals surface area contributed by atoms with Gasteiger partial charge in [-0.05, 0) is 101 Å². The summed E-state index contributed by atoms with van der Waals surface area (Å²) in [7, 11) is 0. The van der Waals surface area contributed by atoms with E-state index in [9.17, 15) is 86.7 Å². The van der Waals surface area contributed by atoms with E-state index in [4.69, 9.17) is 5.11 Å². The number of carbonyl (C=O) groups is 8. The first-order valence-electron chi connectivity index (χ1n) is 20.5. The molecule has 1 atom stereocenters. The van der Waals surface area contributed by atoms with E-state index < -0.39 is 37.0 Å². The number of aromatic carboxylic acids is 1. The maximum atomic E-state index is 12.5. The van der Waals surface area contributed by atoms with Gasteiger partial charge in [-0.3, -0.25) is 38.1 Å². The lowest BCUT2D eigenvalue weighted by molar-refractivity contribution is -0.275. The van der Waals surface area contributed by atoms with E-state index in [0.29, 0.717) is 58.2 Å². The molecule has 13 nitrogen and oxygen atoms in total. The van der Waals surface area contributed by atoms with Gasteiger partial charge in [-0.25, -0.2) is 9.18 Å². The minimum absolute atomic E-state index is 0.0886. The fourth-order valence-electron chi connectivity index (χ4n) is 5.27. The van der Waals surface area contributed by atoms with Gasteiger partial charge in [-0.1, -0.05) is 54.6 Å². The summed E-state index contributed by atoms with van der Waals surface area (Å²) in [4.78, 5) is 83.2. The molecule has 1 unspecified atom stereocenters. The number of carboxylic acids is 1. The largest absolute Gasteiger partial charge is 0.573 e. The average Bonchev–Trinajstić information content (AvgIpc) is 3.77. The molecule has 25 heteroatoms. The van der Waals surface area contributed by atoms with Gasteiger partial charge in [0.25, 0.3) is 0 Å². The quantitative estimate of drug-likeness (QED) is 0.0954. The van der Waals surface area contributed by atoms with Gasteiger partial charge in [0.15, 0.2) is 6.29 Å². The Labute approximate surface area is 430 Å². The van der Waals surface area contributed by atoms with Crippen molar-refractivity contribution in [1.29, 1.82) is 0 Å². The number of fused-ring (bicyclic) bond motifs is 1. The van der Waals surface area contributed by atoms with Crippen molar-refractivity contribution in [2.75, 3.05) is 0 Å². The van der Waals surface area contributed by atoms with Gasteiger partial charge in [0, 0.05) is 51.9 Å². The first-order valence-corrected chi connectivity index (χ1v) is 21.3. The molecule has 0 saturated carbocycles. The van der Waals surface area contributed by atoms with E-state index in [2.05, 4.69) is 30.1 Å². The molecule has 76 heavy (non-hydrogen) atoms. The summed E-state index contributed by atoms with van der Waals surface area (Å²) in [6, 6.07) is 31.6. The summed E-state index contributed by atoms with van der Waals surface area (Å²) in [5, 5.41) is 9.31. The van der Waals surface area contributed by atoms with Crippen molar-refractivity contribution in [3.05, 3.63) is 195 Å². The lowest BCUT2D eigenvalue weighted by Crippen LogP contribution is -2.29. The number of para-hydroxylation sites is 1. The van der Waals surface area contributed by atoms with Crippen molar-refractivity contribution in [1.82, 2.24) is 4.57 Å². The number of rotatable bonds is 11. The number of benzene rings is 6. The third kappa shape index (κ3) is 23.3. The van der Waals surface area contributed by atoms with Crippen LogP contribution in [0.25, 0.3) is 10.9 Å². The molecule has 0 radical (unpaired) electrons. The second-order valence-electron chi connectivity index (χ2n) is 14.1. The van der Waals surface area contributed by atoms with Crippen molar-refractivity contribution >= 4 is 76.4 Å². The predicted octanol–water partition coefficient (Wildman–Crippen LogP) is 13.2. The number of carboxylic acid groups (broad SMARTS) is 1. The van der Waals surface area contributed by atoms with Crippen LogP contribution in [0.5, 0.6) is 17.2 Å². The highest BCUT2D eigenvalue weighted by Crippen LogP contribution is 2.27. The smallest absolute Gasteiger partial charge is 0.478 e. The van der Waals surface area contributed by atoms with Gasteiger partial charge in [-0.2, -0.15) is 17.6 Å². The monoisotopic (exact) mass is 1140 g/mol. The van der Waals surface area contributed by atoms with Crippen molar-refractivity contribution in [2.45, 2.75) is 32.2 Å². The van der Waals surface area contributed by atoms with Crippen LogP contribution in [-0.2, 0) is 0 Å². The van der Waals surface area contributed by atoms with Gasteiger partial charge in [0.1, 0.15) is 54.5 Å². The Bertz CT molecular complexity index is 3070. The van der Waals surface area contributed by atoms with Gasteiger partial charge < -0.3 is 19.3 Å². The van der Waals surface area contributed by atoms with Crippen LogP contribution in [0.4, 0.5) is 48.3 Å². The number of aldehydes is 6. The molecule has 0 amide bonds. The number of alkyl halides is 10. The Hall–Kier alpha value is -8.87. The SMILES string of the molecule is CC(=O)n1cc(C=O)c2ccccc21.O=Cc1ccc(F)c(Br)c1.O=Cc1ccc(OC(F)(F)F)cc1.O=Cc1cccc(C(=O)O)c1.O=Cc1cccc(OC(F)(F)F)c1.O=Cc1cccc(OC(F)C(F)(F)F)c1. The molecule has 0 bridgehead atoms. The fourth-order valence-corrected chi connectivity index (χ4v) is 5.67. The molecule has 400 valence electrons. The van der Waals surface area contributed by atoms with Crippen LogP contribution in [0.3, 0.4) is 0 Å². The van der Waals surface area contributed by atoms with Gasteiger partial charge >= 0.3 is 31.2 Å². The first kappa shape index (κ1) is 63.2. The second kappa shape index (κ2) is 30.4. The molecule has 1 heterocycles. The standard InChI is InChI=1S/C11H9NO2.C9H6F4O2.2C8H5F3O2.C8H6O3.C7H4BrFO/c1-8(14)12-6-9(7-13)10-4-2-3-5-11(10)12;10-8(9(11,12)13)15-7-3-1-2-6(4-7)5-14;9-8(10,11)13-7-3-1-6(5-12)2-4-7;9-8(10,11)13-7-3-1-2-6(4-7)5-12;9-5-6-2-1-3-7(4-6)8(10)11;8-6-3-5(4-10)1-2-7(6)9/h2-7H,1H3;1-5,8H;2*1-5H;1-5H,(H,10,11);1-4H. The Kier molecular flexibility index (Phi) is 25.3. The highest BCUT2D eigenvalue weighted by molar-refractivity contribution is 9.10. The van der Waals surface area contributed by atoms with Crippen LogP contribution in [0.1, 0.15) is 84.2 Å². The third-order valence-corrected chi connectivity index (χ3v) is 9.13. The van der Waals surface area contributed by atoms with Crippen LogP contribution in [-0.4, -0.2) is 84.5 Å². The predicted molar refractivity (Wildman–Crippen MR) is 252 cm³/mol. The molecular formula is C51H35BrF11NO12. The van der Waals surface area contributed by atoms with Crippen LogP contribution < -0.4 is 14.2 Å². The summed E-state index contributed by atoms with van der Waals surface area (Å²) < 4.78 is 143. The Morgan fingerprint density at radius 2 is 1.01 bits per heavy atom. The lowest BCUT2D eigenvalue weighted by Gasteiger charge is -2.14. The van der Waals surface area contributed by atoms with Crippen molar-refractivity contribution in [3.63, 3.8) is 0 Å². The number of aromatic nitrogens is 1. The number of carbonyl (C=O) groups excluding carboxylic acids is 7. The molecule has 0 aliphatic carbocycles. The maximum absolute atomic E-state index is 12.5. The molecule has 1 aromatic heterocycles. The normalized spacial score (nSPS) is 10.9. The number of hydrogen-bond acceptors (Lipinski definition) is 11. The van der Waals surface area contributed by atoms with Gasteiger partial charge in [-0.15, -0.1) is 26.3 Å². The van der Waals surface area contributed by atoms with E-state index in [0.717, 1.165) is 53.6 Å². The minimum Gasteiger partial charge on any atom is -0.478 e. The number of ether oxygens (including phenoxy) is 3. The lowest BCUT2D eigenvalue weighted by atomic mass is 10.1. The number of nitrogens with zero attached hydrogens (tertiary/aromatic N) is 1. The van der Waals surface area contributed by atoms with Crippen molar-refractivity contribution in [2.24, 2.45) is 0 Å². The molecule has 1 N–H and O–H groups in total. The molecule has 6 aromatic carbocycles. The van der Waals surface area contributed by atoms with E-state index in [1.807, 2.05) is 24.3 Å². The molecule has 0 saturated heterocycles. The number of hydrogen-bond donors (Lipinski definition) is 1. The molecule has 0 aliphatic heterocycles. The van der Waals surface area contributed by atoms with Crippen LogP contribution in [0.2, 0.25) is 0 Å². The molecule has 0 aliphatic rings. The zero-order valence-electron chi connectivity index (χ0n) is 38.3. The Morgan fingerprint density at radius 1 is 0.553 bits per heavy atom. The zero-order valence-corrected chi connectivity index (χ0v) is 39.9. The highest BCUT2D eigenvalue weighted by Gasteiger charge is 2.42. The Balaban J connectivity index is 0.000000313. The van der Waals surface area contributed by atoms with Crippen molar-refractivity contribution in [3.8, 4) is 17.2 Å². The average molecular weight is 1140 g/mol. The summed E-state index contributed by atoms with van der Waals surface area (Å²) >= 11 is 2.95. The topological polar surface area (TPSA) is 189 Å². The van der Waals surface area contributed by atoms with Crippen molar-refractivity contribution < 1.29 is 106 Å². The molecule has 0 fully saturated rings. The molecular weight excluding hydrogens is 1110 g/mol. The summed E-state index contributed by atoms with van der Waals surface area (Å²) in [5.74, 6) is -2.53. The molecule has 7 aromatic rings. The van der Waals surface area contributed by atoms with E-state index in [1.165, 1.54) is 84.3 Å². The summed E-state index contributed by atoms with van der Waals surface area (Å²) in [6.45, 7) is 1.47. The third-order valence-electron chi connectivity index (χ3n) is 8.53.